The highest BCUT2D eigenvalue weighted by atomic mass is 79.9. The maximum absolute atomic E-state index is 12.8. The van der Waals surface area contributed by atoms with Gasteiger partial charge in [0, 0.05) is 12.4 Å². The molecule has 62 valence electrons. The van der Waals surface area contributed by atoms with Crippen molar-refractivity contribution in [1.29, 1.82) is 0 Å². The van der Waals surface area contributed by atoms with Gasteiger partial charge in [-0.1, -0.05) is 11.6 Å². The van der Waals surface area contributed by atoms with Crippen molar-refractivity contribution >= 4 is 33.2 Å². The molecule has 0 unspecified atom stereocenters. The van der Waals surface area contributed by atoms with Gasteiger partial charge in [-0.2, -0.15) is 0 Å². The minimum atomic E-state index is -0.377. The average molecular weight is 249 g/mol. The molecule has 0 amide bonds. The molecule has 0 N–H and O–H groups in total. The number of fused-ring (bicyclic) bond motifs is 1. The smallest absolute Gasteiger partial charge is 0.157 e. The lowest BCUT2D eigenvalue weighted by Gasteiger charge is -1.94. The summed E-state index contributed by atoms with van der Waals surface area (Å²) < 4.78 is 14.9. The molecule has 0 aliphatic heterocycles. The number of hydrogen-bond donors (Lipinski definition) is 0. The Hall–Kier alpha value is -0.610. The monoisotopic (exact) mass is 248 g/mol. The Bertz CT molecular complexity index is 440. The molecule has 12 heavy (non-hydrogen) atoms. The first-order valence-electron chi connectivity index (χ1n) is 3.16. The highest BCUT2D eigenvalue weighted by Crippen LogP contribution is 2.20. The van der Waals surface area contributed by atoms with Crippen LogP contribution in [0.3, 0.4) is 0 Å². The first kappa shape index (κ1) is 8.01. The van der Waals surface area contributed by atoms with Crippen LogP contribution in [0.25, 0.3) is 5.65 Å². The second-order valence-corrected chi connectivity index (χ2v) is 3.52. The van der Waals surface area contributed by atoms with E-state index in [0.29, 0.717) is 15.3 Å². The molecule has 0 atom stereocenters. The fraction of sp³-hybridized carbons (Fsp3) is 0. The highest BCUT2D eigenvalue weighted by molar-refractivity contribution is 9.10. The average Bonchev–Trinajstić information content (AvgIpc) is 2.29. The van der Waals surface area contributed by atoms with Crippen LogP contribution in [0.1, 0.15) is 0 Å². The van der Waals surface area contributed by atoms with Crippen molar-refractivity contribution in [2.24, 2.45) is 0 Å². The molecule has 0 bridgehead atoms. The van der Waals surface area contributed by atoms with Crippen LogP contribution in [0.5, 0.6) is 0 Å². The number of hydrogen-bond acceptors (Lipinski definition) is 1. The second kappa shape index (κ2) is 2.71. The first-order chi connectivity index (χ1) is 5.66. The molecule has 0 saturated carbocycles. The number of rotatable bonds is 0. The lowest BCUT2D eigenvalue weighted by atomic mass is 10.4. The molecular formula is C7H3BrClFN2. The fourth-order valence-corrected chi connectivity index (χ4v) is 1.63. The molecule has 0 aromatic carbocycles. The lowest BCUT2D eigenvalue weighted by Crippen LogP contribution is -1.86. The van der Waals surface area contributed by atoms with Gasteiger partial charge in [-0.3, -0.25) is 0 Å². The molecule has 2 heterocycles. The van der Waals surface area contributed by atoms with Crippen molar-refractivity contribution in [2.75, 3.05) is 0 Å². The van der Waals surface area contributed by atoms with Crippen LogP contribution in [0.4, 0.5) is 4.39 Å². The highest BCUT2D eigenvalue weighted by Gasteiger charge is 2.04. The summed E-state index contributed by atoms with van der Waals surface area (Å²) in [5.41, 5.74) is 0.546. The molecule has 0 fully saturated rings. The van der Waals surface area contributed by atoms with Crippen molar-refractivity contribution in [3.05, 3.63) is 33.9 Å². The summed E-state index contributed by atoms with van der Waals surface area (Å²) in [5, 5.41) is 0.306. The second-order valence-electron chi connectivity index (χ2n) is 2.30. The largest absolute Gasteiger partial charge is 0.302 e. The molecule has 5 heteroatoms. The molecule has 0 aliphatic carbocycles. The van der Waals surface area contributed by atoms with Gasteiger partial charge in [-0.15, -0.1) is 0 Å². The van der Waals surface area contributed by atoms with E-state index in [-0.39, 0.29) is 5.82 Å². The van der Waals surface area contributed by atoms with Gasteiger partial charge in [0.1, 0.15) is 10.4 Å². The van der Waals surface area contributed by atoms with Crippen LogP contribution in [0, 0.1) is 5.82 Å². The molecule has 2 aromatic rings. The first-order valence-corrected chi connectivity index (χ1v) is 4.33. The van der Waals surface area contributed by atoms with E-state index in [1.165, 1.54) is 16.7 Å². The van der Waals surface area contributed by atoms with Crippen LogP contribution in [-0.2, 0) is 0 Å². The Morgan fingerprint density at radius 3 is 3.00 bits per heavy atom. The van der Waals surface area contributed by atoms with E-state index in [2.05, 4.69) is 20.9 Å². The number of halogens is 3. The third kappa shape index (κ3) is 1.21. The van der Waals surface area contributed by atoms with Gasteiger partial charge in [-0.05, 0) is 22.0 Å². The van der Waals surface area contributed by atoms with Gasteiger partial charge >= 0.3 is 0 Å². The summed E-state index contributed by atoms with van der Waals surface area (Å²) in [6, 6.07) is 1.23. The topological polar surface area (TPSA) is 17.3 Å². The zero-order valence-corrected chi connectivity index (χ0v) is 8.10. The van der Waals surface area contributed by atoms with Crippen molar-refractivity contribution in [3.8, 4) is 0 Å². The van der Waals surface area contributed by atoms with Crippen molar-refractivity contribution < 1.29 is 4.39 Å². The summed E-state index contributed by atoms with van der Waals surface area (Å²) in [6.45, 7) is 0. The van der Waals surface area contributed by atoms with Gasteiger partial charge in [0.15, 0.2) is 5.65 Å². The molecule has 2 aromatic heterocycles. The van der Waals surface area contributed by atoms with E-state index in [0.717, 1.165) is 0 Å². The summed E-state index contributed by atoms with van der Waals surface area (Å²) >= 11 is 8.90. The minimum Gasteiger partial charge on any atom is -0.302 e. The van der Waals surface area contributed by atoms with E-state index >= 15 is 0 Å². The molecule has 0 aliphatic rings. The van der Waals surface area contributed by atoms with Crippen molar-refractivity contribution in [1.82, 2.24) is 9.38 Å². The Balaban J connectivity index is 2.88. The van der Waals surface area contributed by atoms with Crippen LogP contribution < -0.4 is 0 Å². The predicted octanol–water partition coefficient (Wildman–Crippen LogP) is 2.89. The fourth-order valence-electron chi connectivity index (χ4n) is 0.995. The normalized spacial score (nSPS) is 10.9. The zero-order chi connectivity index (χ0) is 8.72. The molecule has 0 saturated heterocycles. The molecule has 0 radical (unpaired) electrons. The zero-order valence-electron chi connectivity index (χ0n) is 5.76. The Morgan fingerprint density at radius 1 is 1.50 bits per heavy atom. The third-order valence-corrected chi connectivity index (χ3v) is 2.10. The number of nitrogens with zero attached hydrogens (tertiary/aromatic N) is 2. The maximum Gasteiger partial charge on any atom is 0.157 e. The van der Waals surface area contributed by atoms with Crippen LogP contribution in [0.15, 0.2) is 23.1 Å². The molecule has 2 rings (SSSR count). The van der Waals surface area contributed by atoms with Crippen molar-refractivity contribution in [2.45, 2.75) is 0 Å². The number of aromatic nitrogens is 2. The predicted molar refractivity (Wildman–Crippen MR) is 47.9 cm³/mol. The maximum atomic E-state index is 12.8. The van der Waals surface area contributed by atoms with Gasteiger partial charge < -0.3 is 4.40 Å². The summed E-state index contributed by atoms with van der Waals surface area (Å²) in [4.78, 5) is 4.03. The van der Waals surface area contributed by atoms with E-state index < -0.39 is 0 Å². The van der Waals surface area contributed by atoms with Crippen LogP contribution in [0.2, 0.25) is 5.02 Å². The molecular weight excluding hydrogens is 246 g/mol. The quantitative estimate of drug-likeness (QED) is 0.702. The summed E-state index contributed by atoms with van der Waals surface area (Å²) in [7, 11) is 0. The van der Waals surface area contributed by atoms with Gasteiger partial charge in [0.2, 0.25) is 0 Å². The Kier molecular flexibility index (Phi) is 1.81. The molecule has 0 spiro atoms. The number of pyridine rings is 1. The van der Waals surface area contributed by atoms with E-state index in [4.69, 9.17) is 11.6 Å². The molecule has 2 nitrogen and oxygen atoms in total. The van der Waals surface area contributed by atoms with E-state index in [1.54, 1.807) is 6.20 Å². The Morgan fingerprint density at radius 2 is 2.25 bits per heavy atom. The summed E-state index contributed by atoms with van der Waals surface area (Å²) in [6.07, 6.45) is 2.96. The van der Waals surface area contributed by atoms with Gasteiger partial charge in [0.05, 0.1) is 5.02 Å². The van der Waals surface area contributed by atoms with E-state index in [9.17, 15) is 4.39 Å². The minimum absolute atomic E-state index is 0.306. The van der Waals surface area contributed by atoms with Crippen LogP contribution >= 0.6 is 27.5 Å². The lowest BCUT2D eigenvalue weighted by molar-refractivity contribution is 0.619. The summed E-state index contributed by atoms with van der Waals surface area (Å²) in [5.74, 6) is -0.377. The third-order valence-electron chi connectivity index (χ3n) is 1.44. The van der Waals surface area contributed by atoms with E-state index in [1.807, 2.05) is 0 Å². The van der Waals surface area contributed by atoms with Gasteiger partial charge in [0.25, 0.3) is 0 Å². The standard InChI is InChI=1S/C7H3BrClFN2/c8-6-3-12-2-4(10)1-5(9)7(12)11-6/h1-3H. The SMILES string of the molecule is Fc1cc(Cl)c2nc(Br)cn2c1. The van der Waals surface area contributed by atoms with Crippen molar-refractivity contribution in [3.63, 3.8) is 0 Å². The number of imidazole rings is 1. The van der Waals surface area contributed by atoms with Gasteiger partial charge in [-0.25, -0.2) is 9.37 Å². The van der Waals surface area contributed by atoms with Crippen LogP contribution in [-0.4, -0.2) is 9.38 Å². The Labute approximate surface area is 81.1 Å².